The summed E-state index contributed by atoms with van der Waals surface area (Å²) >= 11 is 0. The molecule has 0 atom stereocenters. The Kier molecular flexibility index (Phi) is 6.14. The number of carboxylic acid groups (broad SMARTS) is 1. The Hall–Kier alpha value is -2.97. The van der Waals surface area contributed by atoms with Crippen LogP contribution in [0.2, 0.25) is 0 Å². The smallest absolute Gasteiger partial charge is 0.356 e. The van der Waals surface area contributed by atoms with E-state index in [0.29, 0.717) is 42.4 Å². The molecular weight excluding hydrogens is 374 g/mol. The van der Waals surface area contributed by atoms with Crippen molar-refractivity contribution in [3.05, 3.63) is 47.8 Å². The number of hydrogen-bond acceptors (Lipinski definition) is 6. The van der Waals surface area contributed by atoms with Crippen LogP contribution in [0.3, 0.4) is 0 Å². The third-order valence-electron chi connectivity index (χ3n) is 4.50. The summed E-state index contributed by atoms with van der Waals surface area (Å²) in [7, 11) is 1.61. The lowest BCUT2D eigenvalue weighted by molar-refractivity contribution is -0.197. The van der Waals surface area contributed by atoms with E-state index in [4.69, 9.17) is 14.2 Å². The first-order valence-electron chi connectivity index (χ1n) is 9.33. The van der Waals surface area contributed by atoms with Crippen molar-refractivity contribution in [2.24, 2.45) is 0 Å². The summed E-state index contributed by atoms with van der Waals surface area (Å²) in [5.74, 6) is -1.02. The van der Waals surface area contributed by atoms with Crippen LogP contribution in [-0.4, -0.2) is 51.8 Å². The molecule has 0 aliphatic carbocycles. The van der Waals surface area contributed by atoms with E-state index in [-0.39, 0.29) is 5.69 Å². The number of nitrogens with zero attached hydrogens (tertiary/aromatic N) is 3. The molecule has 0 spiro atoms. The molecule has 3 aromatic rings. The van der Waals surface area contributed by atoms with Crippen LogP contribution >= 0.6 is 0 Å². The first kappa shape index (κ1) is 20.8. The fourth-order valence-electron chi connectivity index (χ4n) is 2.85. The van der Waals surface area contributed by atoms with Gasteiger partial charge >= 0.3 is 5.97 Å². The number of fused-ring (bicyclic) bond motifs is 1. The van der Waals surface area contributed by atoms with Crippen molar-refractivity contribution in [2.45, 2.75) is 33.0 Å². The molecule has 0 fully saturated rings. The fraction of sp³-hybridized carbons (Fsp3) is 0.381. The van der Waals surface area contributed by atoms with Gasteiger partial charge in [-0.1, -0.05) is 12.1 Å². The maximum absolute atomic E-state index is 11.6. The van der Waals surface area contributed by atoms with Gasteiger partial charge in [0.1, 0.15) is 5.75 Å². The molecule has 2 heterocycles. The number of benzene rings is 1. The first-order valence-corrected chi connectivity index (χ1v) is 9.33. The second-order valence-corrected chi connectivity index (χ2v) is 6.99. The van der Waals surface area contributed by atoms with Crippen LogP contribution in [0.4, 0.5) is 0 Å². The lowest BCUT2D eigenvalue weighted by atomic mass is 10.1. The normalized spacial score (nSPS) is 11.7. The van der Waals surface area contributed by atoms with E-state index < -0.39 is 11.8 Å². The number of ether oxygens (including phenoxy) is 3. The van der Waals surface area contributed by atoms with Gasteiger partial charge in [-0.15, -0.1) is 0 Å². The van der Waals surface area contributed by atoms with Crippen LogP contribution in [0.5, 0.6) is 5.75 Å². The Morgan fingerprint density at radius 1 is 1.17 bits per heavy atom. The van der Waals surface area contributed by atoms with Crippen molar-refractivity contribution >= 4 is 11.6 Å². The molecule has 0 aliphatic rings. The second kappa shape index (κ2) is 8.59. The number of para-hydroxylation sites is 1. The molecule has 0 saturated carbocycles. The SMILES string of the molecule is COC(C)(C)OCCCOc1ccccc1-c1ccc2nc(C)c(C(=O)O)n2n1. The number of aromatic nitrogens is 3. The van der Waals surface area contributed by atoms with Gasteiger partial charge in [0, 0.05) is 19.1 Å². The maximum atomic E-state index is 11.6. The Bertz CT molecular complexity index is 1010. The first-order chi connectivity index (χ1) is 13.8. The van der Waals surface area contributed by atoms with Crippen molar-refractivity contribution in [3.63, 3.8) is 0 Å². The summed E-state index contributed by atoms with van der Waals surface area (Å²) in [5, 5.41) is 14.0. The maximum Gasteiger partial charge on any atom is 0.356 e. The van der Waals surface area contributed by atoms with E-state index in [1.165, 1.54) is 4.52 Å². The van der Waals surface area contributed by atoms with E-state index >= 15 is 0 Å². The molecule has 8 nitrogen and oxygen atoms in total. The quantitative estimate of drug-likeness (QED) is 0.434. The zero-order chi connectivity index (χ0) is 21.0. The second-order valence-electron chi connectivity index (χ2n) is 6.99. The van der Waals surface area contributed by atoms with E-state index in [1.54, 1.807) is 26.2 Å². The highest BCUT2D eigenvalue weighted by Crippen LogP contribution is 2.29. The molecule has 0 saturated heterocycles. The Morgan fingerprint density at radius 2 is 1.93 bits per heavy atom. The van der Waals surface area contributed by atoms with Crippen LogP contribution in [-0.2, 0) is 9.47 Å². The lowest BCUT2D eigenvalue weighted by Gasteiger charge is -2.23. The third kappa shape index (κ3) is 4.72. The van der Waals surface area contributed by atoms with Gasteiger partial charge in [0.25, 0.3) is 0 Å². The number of aromatic carboxylic acids is 1. The minimum atomic E-state index is -1.07. The number of rotatable bonds is 9. The summed E-state index contributed by atoms with van der Waals surface area (Å²) in [4.78, 5) is 15.8. The predicted octanol–water partition coefficient (Wildman–Crippen LogP) is 3.57. The average molecular weight is 399 g/mol. The van der Waals surface area contributed by atoms with Crippen molar-refractivity contribution < 1.29 is 24.1 Å². The van der Waals surface area contributed by atoms with Gasteiger partial charge < -0.3 is 19.3 Å². The Balaban J connectivity index is 1.78. The summed E-state index contributed by atoms with van der Waals surface area (Å²) in [6, 6.07) is 11.1. The highest BCUT2D eigenvalue weighted by Gasteiger charge is 2.18. The summed E-state index contributed by atoms with van der Waals surface area (Å²) in [6.07, 6.45) is 0.692. The molecule has 0 unspecified atom stereocenters. The van der Waals surface area contributed by atoms with Crippen LogP contribution in [0.15, 0.2) is 36.4 Å². The van der Waals surface area contributed by atoms with Crippen LogP contribution in [0.25, 0.3) is 16.9 Å². The highest BCUT2D eigenvalue weighted by atomic mass is 16.7. The standard InChI is InChI=1S/C21H25N3O5/c1-14-19(20(25)26)24-18(22-14)11-10-16(23-24)15-8-5-6-9-17(15)28-12-7-13-29-21(2,3)27-4/h5-6,8-11H,7,12-13H2,1-4H3,(H,25,26). The molecule has 29 heavy (non-hydrogen) atoms. The molecule has 8 heteroatoms. The zero-order valence-corrected chi connectivity index (χ0v) is 17.0. The van der Waals surface area contributed by atoms with E-state index in [2.05, 4.69) is 10.1 Å². The molecule has 0 radical (unpaired) electrons. The van der Waals surface area contributed by atoms with Crippen molar-refractivity contribution in [1.29, 1.82) is 0 Å². The highest BCUT2D eigenvalue weighted by molar-refractivity contribution is 5.88. The van der Waals surface area contributed by atoms with E-state index in [9.17, 15) is 9.90 Å². The molecule has 0 amide bonds. The molecule has 1 aromatic carbocycles. The number of carbonyl (C=O) groups is 1. The summed E-state index contributed by atoms with van der Waals surface area (Å²) in [5.41, 5.74) is 2.34. The van der Waals surface area contributed by atoms with Crippen molar-refractivity contribution in [3.8, 4) is 17.0 Å². The van der Waals surface area contributed by atoms with Gasteiger partial charge in [-0.2, -0.15) is 5.10 Å². The molecule has 3 rings (SSSR count). The summed E-state index contributed by atoms with van der Waals surface area (Å²) < 4.78 is 18.1. The molecular formula is C21H25N3O5. The lowest BCUT2D eigenvalue weighted by Crippen LogP contribution is -2.27. The molecule has 0 bridgehead atoms. The van der Waals surface area contributed by atoms with E-state index in [0.717, 1.165) is 5.56 Å². The number of hydrogen-bond donors (Lipinski definition) is 1. The molecule has 154 valence electrons. The molecule has 2 aromatic heterocycles. The average Bonchev–Trinajstić information content (AvgIpc) is 3.03. The van der Waals surface area contributed by atoms with Gasteiger partial charge in [0.15, 0.2) is 17.1 Å². The van der Waals surface area contributed by atoms with Gasteiger partial charge in [0.2, 0.25) is 0 Å². The number of aryl methyl sites for hydroxylation is 1. The molecule has 1 N–H and O–H groups in total. The number of imidazole rings is 1. The van der Waals surface area contributed by atoms with Crippen LogP contribution in [0.1, 0.15) is 36.5 Å². The Morgan fingerprint density at radius 3 is 2.66 bits per heavy atom. The van der Waals surface area contributed by atoms with Crippen molar-refractivity contribution in [1.82, 2.24) is 14.6 Å². The minimum Gasteiger partial charge on any atom is -0.493 e. The fourth-order valence-corrected chi connectivity index (χ4v) is 2.85. The van der Waals surface area contributed by atoms with Gasteiger partial charge in [-0.25, -0.2) is 14.3 Å². The third-order valence-corrected chi connectivity index (χ3v) is 4.50. The number of methoxy groups -OCH3 is 1. The van der Waals surface area contributed by atoms with Gasteiger partial charge in [-0.05, 0) is 45.0 Å². The van der Waals surface area contributed by atoms with Crippen LogP contribution in [0, 0.1) is 6.92 Å². The Labute approximate surface area is 169 Å². The van der Waals surface area contributed by atoms with Gasteiger partial charge in [0.05, 0.1) is 24.6 Å². The monoisotopic (exact) mass is 399 g/mol. The van der Waals surface area contributed by atoms with Gasteiger partial charge in [-0.3, -0.25) is 0 Å². The molecule has 0 aliphatic heterocycles. The van der Waals surface area contributed by atoms with E-state index in [1.807, 2.05) is 38.1 Å². The largest absolute Gasteiger partial charge is 0.493 e. The van der Waals surface area contributed by atoms with Crippen molar-refractivity contribution in [2.75, 3.05) is 20.3 Å². The topological polar surface area (TPSA) is 95.2 Å². The number of carboxylic acids is 1. The predicted molar refractivity (Wildman–Crippen MR) is 107 cm³/mol. The minimum absolute atomic E-state index is 0.0538. The zero-order valence-electron chi connectivity index (χ0n) is 17.0. The van der Waals surface area contributed by atoms with Crippen LogP contribution < -0.4 is 4.74 Å². The summed E-state index contributed by atoms with van der Waals surface area (Å²) in [6.45, 7) is 6.33.